The highest BCUT2D eigenvalue weighted by Crippen LogP contribution is 2.28. The molecule has 4 aromatic rings. The van der Waals surface area contributed by atoms with Crippen molar-refractivity contribution in [2.24, 2.45) is 0 Å². The Labute approximate surface area is 190 Å². The van der Waals surface area contributed by atoms with Crippen molar-refractivity contribution in [2.75, 3.05) is 6.61 Å². The number of pyridine rings is 1. The lowest BCUT2D eigenvalue weighted by atomic mass is 9.97. The molecule has 0 atom stereocenters. The van der Waals surface area contributed by atoms with E-state index in [0.29, 0.717) is 17.7 Å². The molecule has 0 saturated carbocycles. The fourth-order valence-electron chi connectivity index (χ4n) is 3.45. The Kier molecular flexibility index (Phi) is 6.62. The summed E-state index contributed by atoms with van der Waals surface area (Å²) in [6, 6.07) is 10.5. The Balaban J connectivity index is 1.57. The van der Waals surface area contributed by atoms with Gasteiger partial charge < -0.3 is 4.57 Å². The highest BCUT2D eigenvalue weighted by Gasteiger charge is 2.19. The fraction of sp³-hybridized carbons (Fsp3) is 0.167. The highest BCUT2D eigenvalue weighted by molar-refractivity contribution is 7.86. The molecule has 0 aliphatic heterocycles. The summed E-state index contributed by atoms with van der Waals surface area (Å²) in [5, 5.41) is 0. The first-order valence-corrected chi connectivity index (χ1v) is 11.6. The second-order valence-corrected chi connectivity index (χ2v) is 9.16. The van der Waals surface area contributed by atoms with E-state index in [-0.39, 0.29) is 23.5 Å². The zero-order chi connectivity index (χ0) is 23.4. The van der Waals surface area contributed by atoms with Crippen LogP contribution in [0.1, 0.15) is 16.7 Å². The van der Waals surface area contributed by atoms with Crippen molar-refractivity contribution in [3.05, 3.63) is 102 Å². The largest absolute Gasteiger partial charge is 0.333 e. The van der Waals surface area contributed by atoms with Crippen molar-refractivity contribution < 1.29 is 21.4 Å². The topological polar surface area (TPSA) is 74.1 Å². The van der Waals surface area contributed by atoms with Crippen molar-refractivity contribution in [3.63, 3.8) is 0 Å². The lowest BCUT2D eigenvalue weighted by Crippen LogP contribution is -2.11. The zero-order valence-electron chi connectivity index (χ0n) is 17.8. The van der Waals surface area contributed by atoms with Crippen LogP contribution in [0, 0.1) is 18.6 Å². The number of aromatic nitrogens is 3. The second kappa shape index (κ2) is 9.60. The molecule has 0 fully saturated rings. The lowest BCUT2D eigenvalue weighted by Gasteiger charge is -2.13. The molecule has 0 unspecified atom stereocenters. The zero-order valence-corrected chi connectivity index (χ0v) is 18.6. The summed E-state index contributed by atoms with van der Waals surface area (Å²) in [4.78, 5) is 8.23. The Bertz CT molecular complexity index is 1360. The molecule has 0 radical (unpaired) electrons. The first-order chi connectivity index (χ1) is 15.8. The van der Waals surface area contributed by atoms with Gasteiger partial charge in [-0.15, -0.1) is 0 Å². The van der Waals surface area contributed by atoms with E-state index < -0.39 is 21.8 Å². The minimum atomic E-state index is -4.02. The summed E-state index contributed by atoms with van der Waals surface area (Å²) in [6.45, 7) is 2.01. The number of aryl methyl sites for hydroxylation is 1. The van der Waals surface area contributed by atoms with Crippen LogP contribution in [0.25, 0.3) is 11.1 Å². The highest BCUT2D eigenvalue weighted by atomic mass is 32.2. The number of hydrogen-bond acceptors (Lipinski definition) is 5. The van der Waals surface area contributed by atoms with E-state index in [4.69, 9.17) is 4.18 Å². The van der Waals surface area contributed by atoms with E-state index in [1.54, 1.807) is 37.1 Å². The van der Waals surface area contributed by atoms with Crippen LogP contribution in [0.2, 0.25) is 0 Å². The predicted molar refractivity (Wildman–Crippen MR) is 119 cm³/mol. The lowest BCUT2D eigenvalue weighted by molar-refractivity contribution is 0.319. The van der Waals surface area contributed by atoms with Gasteiger partial charge >= 0.3 is 0 Å². The molecule has 170 valence electrons. The van der Waals surface area contributed by atoms with Gasteiger partial charge in [0.05, 0.1) is 24.4 Å². The average molecular weight is 470 g/mol. The molecular weight excluding hydrogens is 448 g/mol. The number of halogens is 2. The van der Waals surface area contributed by atoms with Gasteiger partial charge in [-0.05, 0) is 42.3 Å². The maximum Gasteiger partial charge on any atom is 0.296 e. The third-order valence-corrected chi connectivity index (χ3v) is 6.45. The van der Waals surface area contributed by atoms with Gasteiger partial charge in [0.25, 0.3) is 10.1 Å². The molecule has 0 bridgehead atoms. The van der Waals surface area contributed by atoms with E-state index >= 15 is 0 Å². The van der Waals surface area contributed by atoms with E-state index in [2.05, 4.69) is 9.97 Å². The Morgan fingerprint density at radius 1 is 1.03 bits per heavy atom. The standard InChI is InChI=1S/C24H21F2N3O3S/c1-17-2-4-20(5-3-17)33(30,31)32-11-8-22-21(6-7-23(25)24(22)26)19-12-18(13-28-14-19)15-29-10-9-27-16-29/h2-7,9-10,12-14,16H,8,11,15H2,1H3. The monoisotopic (exact) mass is 469 g/mol. The van der Waals surface area contributed by atoms with E-state index in [1.165, 1.54) is 18.2 Å². The number of hydrogen-bond donors (Lipinski definition) is 0. The summed E-state index contributed by atoms with van der Waals surface area (Å²) in [7, 11) is -4.02. The minimum Gasteiger partial charge on any atom is -0.333 e. The van der Waals surface area contributed by atoms with E-state index in [1.807, 2.05) is 23.8 Å². The van der Waals surface area contributed by atoms with Gasteiger partial charge in [-0.3, -0.25) is 9.17 Å². The molecule has 0 saturated heterocycles. The summed E-state index contributed by atoms with van der Waals surface area (Å²) in [5.41, 5.74) is 2.78. The van der Waals surface area contributed by atoms with Crippen molar-refractivity contribution in [1.29, 1.82) is 0 Å². The van der Waals surface area contributed by atoms with Crippen LogP contribution in [0.15, 0.2) is 78.5 Å². The second-order valence-electron chi connectivity index (χ2n) is 7.54. The summed E-state index contributed by atoms with van der Waals surface area (Å²) < 4.78 is 60.6. The Morgan fingerprint density at radius 2 is 1.82 bits per heavy atom. The van der Waals surface area contributed by atoms with Crippen LogP contribution >= 0.6 is 0 Å². The van der Waals surface area contributed by atoms with Crippen molar-refractivity contribution in [3.8, 4) is 11.1 Å². The molecule has 33 heavy (non-hydrogen) atoms. The molecule has 2 aromatic heterocycles. The summed E-state index contributed by atoms with van der Waals surface area (Å²) in [6.07, 6.45) is 8.23. The van der Waals surface area contributed by atoms with E-state index in [0.717, 1.165) is 17.2 Å². The first kappa shape index (κ1) is 22.8. The van der Waals surface area contributed by atoms with Crippen LogP contribution in [0.4, 0.5) is 8.78 Å². The summed E-state index contributed by atoms with van der Waals surface area (Å²) >= 11 is 0. The number of benzene rings is 2. The van der Waals surface area contributed by atoms with Gasteiger partial charge in [0.15, 0.2) is 11.6 Å². The van der Waals surface area contributed by atoms with Crippen LogP contribution in [-0.2, 0) is 27.3 Å². The molecule has 6 nitrogen and oxygen atoms in total. The SMILES string of the molecule is Cc1ccc(S(=O)(=O)OCCc2c(-c3cncc(Cn4ccnc4)c3)ccc(F)c2F)cc1. The minimum absolute atomic E-state index is 0.00411. The molecule has 0 spiro atoms. The maximum absolute atomic E-state index is 14.7. The van der Waals surface area contributed by atoms with E-state index in [9.17, 15) is 17.2 Å². The normalized spacial score (nSPS) is 11.6. The van der Waals surface area contributed by atoms with Crippen molar-refractivity contribution in [1.82, 2.24) is 14.5 Å². The van der Waals surface area contributed by atoms with Gasteiger partial charge in [-0.2, -0.15) is 8.42 Å². The smallest absolute Gasteiger partial charge is 0.296 e. The number of nitrogens with zero attached hydrogens (tertiary/aromatic N) is 3. The van der Waals surface area contributed by atoms with Gasteiger partial charge in [-0.25, -0.2) is 13.8 Å². The van der Waals surface area contributed by atoms with Gasteiger partial charge in [-0.1, -0.05) is 23.8 Å². The van der Waals surface area contributed by atoms with Gasteiger partial charge in [0.1, 0.15) is 0 Å². The Morgan fingerprint density at radius 3 is 2.55 bits per heavy atom. The van der Waals surface area contributed by atoms with Gasteiger partial charge in [0.2, 0.25) is 0 Å². The van der Waals surface area contributed by atoms with Crippen LogP contribution < -0.4 is 0 Å². The maximum atomic E-state index is 14.7. The first-order valence-electron chi connectivity index (χ1n) is 10.2. The third kappa shape index (κ3) is 5.32. The van der Waals surface area contributed by atoms with Crippen LogP contribution in [-0.4, -0.2) is 29.6 Å². The molecule has 0 aliphatic carbocycles. The molecule has 4 rings (SSSR count). The van der Waals surface area contributed by atoms with Crippen LogP contribution in [0.3, 0.4) is 0 Å². The molecule has 0 N–H and O–H groups in total. The molecule has 0 amide bonds. The fourth-order valence-corrected chi connectivity index (χ4v) is 4.35. The quantitative estimate of drug-likeness (QED) is 0.355. The predicted octanol–water partition coefficient (Wildman–Crippen LogP) is 4.53. The van der Waals surface area contributed by atoms with Crippen LogP contribution in [0.5, 0.6) is 0 Å². The number of rotatable bonds is 8. The molecule has 2 heterocycles. The number of imidazole rings is 1. The van der Waals surface area contributed by atoms with Crippen molar-refractivity contribution in [2.45, 2.75) is 24.8 Å². The Hall–Kier alpha value is -3.43. The third-order valence-electron chi connectivity index (χ3n) is 5.13. The van der Waals surface area contributed by atoms with Gasteiger partial charge in [0, 0.05) is 42.3 Å². The van der Waals surface area contributed by atoms with Crippen molar-refractivity contribution >= 4 is 10.1 Å². The molecular formula is C24H21F2N3O3S. The average Bonchev–Trinajstić information content (AvgIpc) is 3.30. The molecule has 0 aliphatic rings. The molecule has 9 heteroatoms. The molecule has 2 aromatic carbocycles. The summed E-state index contributed by atoms with van der Waals surface area (Å²) in [5.74, 6) is -2.05.